The molecule has 5 nitrogen and oxygen atoms in total. The number of nitrogens with one attached hydrogen (secondary N) is 1. The highest BCUT2D eigenvalue weighted by atomic mass is 16.5. The molecule has 1 fully saturated rings. The number of unbranched alkanes of at least 4 members (excludes halogenated alkanes) is 1. The van der Waals surface area contributed by atoms with E-state index in [2.05, 4.69) is 29.0 Å². The quantitative estimate of drug-likeness (QED) is 0.372. The largest absolute Gasteiger partial charge is 0.477 e. The maximum absolute atomic E-state index is 12.1. The van der Waals surface area contributed by atoms with Crippen molar-refractivity contribution in [2.75, 3.05) is 13.7 Å². The number of rotatable bonds is 7. The minimum absolute atomic E-state index is 0.322. The summed E-state index contributed by atoms with van der Waals surface area (Å²) in [5.41, 5.74) is 4.90. The van der Waals surface area contributed by atoms with Crippen LogP contribution in [0.15, 0.2) is 36.5 Å². The highest BCUT2D eigenvalue weighted by Crippen LogP contribution is 2.44. The lowest BCUT2D eigenvalue weighted by molar-refractivity contribution is 0.0601. The van der Waals surface area contributed by atoms with Gasteiger partial charge in [-0.2, -0.15) is 0 Å². The van der Waals surface area contributed by atoms with Crippen LogP contribution in [-0.2, 0) is 4.74 Å². The summed E-state index contributed by atoms with van der Waals surface area (Å²) in [4.78, 5) is 20.2. The molecule has 1 N–H and O–H groups in total. The van der Waals surface area contributed by atoms with Gasteiger partial charge in [0.15, 0.2) is 0 Å². The van der Waals surface area contributed by atoms with Gasteiger partial charge in [0.25, 0.3) is 0 Å². The summed E-state index contributed by atoms with van der Waals surface area (Å²) in [6.07, 6.45) is 10.0. The number of methoxy groups -OCH3 is 1. The third-order valence-corrected chi connectivity index (χ3v) is 6.05. The fourth-order valence-electron chi connectivity index (χ4n) is 4.50. The van der Waals surface area contributed by atoms with Gasteiger partial charge in [0.2, 0.25) is 5.88 Å². The van der Waals surface area contributed by atoms with Crippen molar-refractivity contribution in [2.45, 2.75) is 57.8 Å². The number of benzene rings is 1. The van der Waals surface area contributed by atoms with Crippen LogP contribution < -0.4 is 4.74 Å². The summed E-state index contributed by atoms with van der Waals surface area (Å²) in [5.74, 6) is 0.843. The Morgan fingerprint density at radius 2 is 2.03 bits per heavy atom. The number of fused-ring (bicyclic) bond motifs is 1. The minimum atomic E-state index is -0.322. The second-order valence-electron chi connectivity index (χ2n) is 8.06. The first-order valence-corrected chi connectivity index (χ1v) is 11.0. The van der Waals surface area contributed by atoms with Gasteiger partial charge >= 0.3 is 5.97 Å². The van der Waals surface area contributed by atoms with Crippen LogP contribution in [0.4, 0.5) is 0 Å². The highest BCUT2D eigenvalue weighted by molar-refractivity contribution is 5.98. The Hall–Kier alpha value is -2.82. The number of aromatic nitrogens is 2. The predicted octanol–water partition coefficient (Wildman–Crippen LogP) is 6.24. The molecule has 1 aliphatic carbocycles. The van der Waals surface area contributed by atoms with Crippen LogP contribution in [0, 0.1) is 0 Å². The molecule has 30 heavy (non-hydrogen) atoms. The van der Waals surface area contributed by atoms with Crippen molar-refractivity contribution in [3.63, 3.8) is 0 Å². The van der Waals surface area contributed by atoms with Crippen LogP contribution in [0.3, 0.4) is 0 Å². The first-order chi connectivity index (χ1) is 14.7. The molecule has 1 aromatic carbocycles. The summed E-state index contributed by atoms with van der Waals surface area (Å²) in [7, 11) is 1.41. The fourth-order valence-corrected chi connectivity index (χ4v) is 4.50. The van der Waals surface area contributed by atoms with E-state index in [-0.39, 0.29) is 5.97 Å². The standard InChI is InChI=1S/C25H30N2O3/c1-3-4-15-30-24-20(11-8-14-26-24)23-22(17-9-6-5-7-10-17)19-13-12-18(25(28)29-2)16-21(19)27-23/h8,11-14,16-17,27H,3-7,9-10,15H2,1-2H3. The zero-order valence-electron chi connectivity index (χ0n) is 17.9. The van der Waals surface area contributed by atoms with Gasteiger partial charge in [-0.05, 0) is 55.0 Å². The van der Waals surface area contributed by atoms with E-state index >= 15 is 0 Å². The van der Waals surface area contributed by atoms with E-state index in [1.807, 2.05) is 18.2 Å². The topological polar surface area (TPSA) is 64.2 Å². The van der Waals surface area contributed by atoms with E-state index in [9.17, 15) is 4.79 Å². The average Bonchev–Trinajstić information content (AvgIpc) is 3.18. The number of pyridine rings is 1. The summed E-state index contributed by atoms with van der Waals surface area (Å²) in [5, 5.41) is 1.17. The summed E-state index contributed by atoms with van der Waals surface area (Å²) in [6, 6.07) is 9.84. The van der Waals surface area contributed by atoms with Crippen LogP contribution in [-0.4, -0.2) is 29.7 Å². The van der Waals surface area contributed by atoms with Gasteiger partial charge in [-0.3, -0.25) is 0 Å². The SMILES string of the molecule is CCCCOc1ncccc1-c1[nH]c2cc(C(=O)OC)ccc2c1C1CCCCC1. The van der Waals surface area contributed by atoms with Gasteiger partial charge in [0.05, 0.1) is 30.5 Å². The van der Waals surface area contributed by atoms with Gasteiger partial charge in [-0.1, -0.05) is 38.7 Å². The Kier molecular flexibility index (Phi) is 6.36. The van der Waals surface area contributed by atoms with Gasteiger partial charge in [-0.15, -0.1) is 0 Å². The van der Waals surface area contributed by atoms with Crippen molar-refractivity contribution in [1.29, 1.82) is 0 Å². The third-order valence-electron chi connectivity index (χ3n) is 6.05. The number of carbonyl (C=O) groups excluding carboxylic acids is 1. The van der Waals surface area contributed by atoms with Crippen molar-refractivity contribution in [3.8, 4) is 17.1 Å². The number of aromatic amines is 1. The van der Waals surface area contributed by atoms with Crippen molar-refractivity contribution in [2.24, 2.45) is 0 Å². The molecule has 0 saturated heterocycles. The molecule has 4 rings (SSSR count). The Balaban J connectivity index is 1.85. The minimum Gasteiger partial charge on any atom is -0.477 e. The van der Waals surface area contributed by atoms with Gasteiger partial charge < -0.3 is 14.5 Å². The summed E-state index contributed by atoms with van der Waals surface area (Å²) < 4.78 is 11.0. The van der Waals surface area contributed by atoms with E-state index in [1.165, 1.54) is 50.2 Å². The molecule has 0 unspecified atom stereocenters. The van der Waals surface area contributed by atoms with E-state index in [0.717, 1.165) is 29.6 Å². The molecular formula is C25H30N2O3. The lowest BCUT2D eigenvalue weighted by Crippen LogP contribution is -2.06. The molecular weight excluding hydrogens is 376 g/mol. The molecule has 158 valence electrons. The molecule has 1 saturated carbocycles. The number of carbonyl (C=O) groups is 1. The van der Waals surface area contributed by atoms with E-state index in [4.69, 9.17) is 9.47 Å². The van der Waals surface area contributed by atoms with Crippen LogP contribution in [0.1, 0.15) is 73.7 Å². The smallest absolute Gasteiger partial charge is 0.337 e. The van der Waals surface area contributed by atoms with Crippen molar-refractivity contribution in [1.82, 2.24) is 9.97 Å². The van der Waals surface area contributed by atoms with Gasteiger partial charge in [-0.25, -0.2) is 9.78 Å². The van der Waals surface area contributed by atoms with Crippen molar-refractivity contribution in [3.05, 3.63) is 47.7 Å². The average molecular weight is 407 g/mol. The van der Waals surface area contributed by atoms with Gasteiger partial charge in [0.1, 0.15) is 0 Å². The van der Waals surface area contributed by atoms with Gasteiger partial charge in [0, 0.05) is 17.1 Å². The fraction of sp³-hybridized carbons (Fsp3) is 0.440. The Morgan fingerprint density at radius 3 is 2.80 bits per heavy atom. The molecule has 3 aromatic rings. The number of H-pyrrole nitrogens is 1. The van der Waals surface area contributed by atoms with Crippen LogP contribution in [0.5, 0.6) is 5.88 Å². The first kappa shape index (κ1) is 20.5. The zero-order chi connectivity index (χ0) is 20.9. The van der Waals surface area contributed by atoms with Crippen LogP contribution >= 0.6 is 0 Å². The third kappa shape index (κ3) is 4.07. The maximum atomic E-state index is 12.1. The number of esters is 1. The number of ether oxygens (including phenoxy) is 2. The molecule has 1 aliphatic rings. The lowest BCUT2D eigenvalue weighted by atomic mass is 9.82. The molecule has 0 aliphatic heterocycles. The Labute approximate surface area is 177 Å². The van der Waals surface area contributed by atoms with Crippen LogP contribution in [0.2, 0.25) is 0 Å². The van der Waals surface area contributed by atoms with Crippen molar-refractivity contribution >= 4 is 16.9 Å². The number of hydrogen-bond acceptors (Lipinski definition) is 4. The Bertz CT molecular complexity index is 1020. The molecule has 0 bridgehead atoms. The molecule has 2 heterocycles. The number of nitrogens with zero attached hydrogens (tertiary/aromatic N) is 1. The van der Waals surface area contributed by atoms with Crippen molar-refractivity contribution < 1.29 is 14.3 Å². The summed E-state index contributed by atoms with van der Waals surface area (Å²) >= 11 is 0. The first-order valence-electron chi connectivity index (χ1n) is 11.0. The molecule has 2 aromatic heterocycles. The normalized spacial score (nSPS) is 14.7. The molecule has 5 heteroatoms. The molecule has 0 spiro atoms. The second kappa shape index (κ2) is 9.33. The second-order valence-corrected chi connectivity index (χ2v) is 8.06. The van der Waals surface area contributed by atoms with E-state index in [1.54, 1.807) is 6.20 Å². The molecule has 0 amide bonds. The molecule has 0 atom stereocenters. The van der Waals surface area contributed by atoms with Crippen LogP contribution in [0.25, 0.3) is 22.2 Å². The predicted molar refractivity (Wildman–Crippen MR) is 119 cm³/mol. The maximum Gasteiger partial charge on any atom is 0.337 e. The number of hydrogen-bond donors (Lipinski definition) is 1. The Morgan fingerprint density at radius 1 is 1.20 bits per heavy atom. The van der Waals surface area contributed by atoms with E-state index < -0.39 is 0 Å². The lowest BCUT2D eigenvalue weighted by Gasteiger charge is -2.23. The summed E-state index contributed by atoms with van der Waals surface area (Å²) in [6.45, 7) is 2.81. The van der Waals surface area contributed by atoms with E-state index in [0.29, 0.717) is 24.0 Å². The monoisotopic (exact) mass is 406 g/mol. The molecule has 0 radical (unpaired) electrons. The highest BCUT2D eigenvalue weighted by Gasteiger charge is 2.25. The zero-order valence-corrected chi connectivity index (χ0v) is 17.9.